The predicted molar refractivity (Wildman–Crippen MR) is 110 cm³/mol. The maximum Gasteiger partial charge on any atom is 0.273 e. The molecule has 2 N–H and O–H groups in total. The van der Waals surface area contributed by atoms with Gasteiger partial charge in [-0.25, -0.2) is 4.98 Å². The number of ketones is 1. The van der Waals surface area contributed by atoms with Crippen molar-refractivity contribution in [3.63, 3.8) is 0 Å². The van der Waals surface area contributed by atoms with Gasteiger partial charge in [0.05, 0.1) is 6.20 Å². The quantitative estimate of drug-likeness (QED) is 0.633. The number of hydrogen-bond donors (Lipinski definition) is 2. The molecule has 2 amide bonds. The first-order valence-corrected chi connectivity index (χ1v) is 9.24. The highest BCUT2D eigenvalue weighted by atomic mass is 16.2. The number of rotatable bonds is 6. The molecular formula is C22H22N4O3. The summed E-state index contributed by atoms with van der Waals surface area (Å²) >= 11 is 0. The van der Waals surface area contributed by atoms with Crippen molar-refractivity contribution in [3.05, 3.63) is 82.9 Å². The lowest BCUT2D eigenvalue weighted by Crippen LogP contribution is -2.23. The summed E-state index contributed by atoms with van der Waals surface area (Å²) in [6.07, 6.45) is 1.37. The second-order valence-corrected chi connectivity index (χ2v) is 6.56. The van der Waals surface area contributed by atoms with Gasteiger partial charge >= 0.3 is 0 Å². The van der Waals surface area contributed by atoms with Crippen molar-refractivity contribution >= 4 is 23.3 Å². The molecule has 1 heterocycles. The van der Waals surface area contributed by atoms with Crippen LogP contribution in [0.25, 0.3) is 0 Å². The Morgan fingerprint density at radius 2 is 1.72 bits per heavy atom. The van der Waals surface area contributed by atoms with Gasteiger partial charge in [-0.15, -0.1) is 0 Å². The summed E-state index contributed by atoms with van der Waals surface area (Å²) in [4.78, 5) is 41.6. The van der Waals surface area contributed by atoms with Crippen LogP contribution in [0.1, 0.15) is 49.5 Å². The van der Waals surface area contributed by atoms with E-state index in [1.807, 2.05) is 19.9 Å². The molecule has 0 aliphatic rings. The van der Waals surface area contributed by atoms with Gasteiger partial charge in [0, 0.05) is 30.4 Å². The van der Waals surface area contributed by atoms with E-state index in [1.165, 1.54) is 10.8 Å². The highest BCUT2D eigenvalue weighted by molar-refractivity contribution is 6.09. The van der Waals surface area contributed by atoms with Crippen molar-refractivity contribution in [1.29, 1.82) is 0 Å². The number of aryl methyl sites for hydroxylation is 1. The number of aromatic nitrogens is 2. The molecule has 0 radical (unpaired) electrons. The van der Waals surface area contributed by atoms with Gasteiger partial charge in [-0.1, -0.05) is 36.4 Å². The van der Waals surface area contributed by atoms with Crippen LogP contribution in [-0.4, -0.2) is 33.7 Å². The molecule has 0 atom stereocenters. The Morgan fingerprint density at radius 3 is 2.41 bits per heavy atom. The van der Waals surface area contributed by atoms with Crippen molar-refractivity contribution < 1.29 is 14.4 Å². The molecule has 0 unspecified atom stereocenters. The van der Waals surface area contributed by atoms with E-state index in [1.54, 1.807) is 49.5 Å². The van der Waals surface area contributed by atoms with E-state index >= 15 is 0 Å². The molecule has 0 saturated carbocycles. The number of imidazole rings is 1. The number of anilines is 1. The van der Waals surface area contributed by atoms with Gasteiger partial charge in [0.2, 0.25) is 5.78 Å². The van der Waals surface area contributed by atoms with Crippen LogP contribution in [0.4, 0.5) is 5.69 Å². The fourth-order valence-electron chi connectivity index (χ4n) is 2.90. The number of carbonyl (C=O) groups excluding carboxylic acids is 3. The lowest BCUT2D eigenvalue weighted by Gasteiger charge is -2.11. The van der Waals surface area contributed by atoms with Gasteiger partial charge in [-0.05, 0) is 31.5 Å². The standard InChI is InChI=1S/C22H22N4O3/c1-4-23-21(28)16-11-10-14(2)17(12-16)25-22(29)18-13-24-20(26(18)3)19(27)15-8-6-5-7-9-15/h5-13H,4H2,1-3H3,(H,23,28)(H,25,29). The Kier molecular flexibility index (Phi) is 5.87. The third-order valence-corrected chi connectivity index (χ3v) is 4.55. The molecule has 0 spiro atoms. The van der Waals surface area contributed by atoms with Gasteiger partial charge in [-0.2, -0.15) is 0 Å². The van der Waals surface area contributed by atoms with Gasteiger partial charge < -0.3 is 15.2 Å². The van der Waals surface area contributed by atoms with E-state index in [0.717, 1.165) is 5.56 Å². The van der Waals surface area contributed by atoms with Gasteiger partial charge in [0.1, 0.15) is 5.69 Å². The molecule has 148 valence electrons. The van der Waals surface area contributed by atoms with E-state index in [4.69, 9.17) is 0 Å². The molecule has 3 aromatic rings. The van der Waals surface area contributed by atoms with Crippen LogP contribution in [-0.2, 0) is 7.05 Å². The van der Waals surface area contributed by atoms with Crippen LogP contribution < -0.4 is 10.6 Å². The van der Waals surface area contributed by atoms with Crippen LogP contribution in [0.15, 0.2) is 54.7 Å². The maximum absolute atomic E-state index is 12.8. The van der Waals surface area contributed by atoms with E-state index in [-0.39, 0.29) is 23.2 Å². The number of hydrogen-bond acceptors (Lipinski definition) is 4. The van der Waals surface area contributed by atoms with Crippen molar-refractivity contribution in [2.24, 2.45) is 7.05 Å². The second-order valence-electron chi connectivity index (χ2n) is 6.56. The smallest absolute Gasteiger partial charge is 0.273 e. The van der Waals surface area contributed by atoms with Gasteiger partial charge in [-0.3, -0.25) is 14.4 Å². The maximum atomic E-state index is 12.8. The third kappa shape index (κ3) is 4.24. The largest absolute Gasteiger partial charge is 0.352 e. The summed E-state index contributed by atoms with van der Waals surface area (Å²) < 4.78 is 1.47. The van der Waals surface area contributed by atoms with Crippen molar-refractivity contribution in [2.75, 3.05) is 11.9 Å². The lowest BCUT2D eigenvalue weighted by atomic mass is 10.1. The summed E-state index contributed by atoms with van der Waals surface area (Å²) in [6.45, 7) is 4.19. The number of amides is 2. The Morgan fingerprint density at radius 1 is 1.00 bits per heavy atom. The molecule has 7 heteroatoms. The first kappa shape index (κ1) is 20.0. The minimum atomic E-state index is -0.414. The fourth-order valence-corrected chi connectivity index (χ4v) is 2.90. The predicted octanol–water partition coefficient (Wildman–Crippen LogP) is 2.96. The van der Waals surface area contributed by atoms with E-state index < -0.39 is 5.91 Å². The first-order chi connectivity index (χ1) is 13.9. The van der Waals surface area contributed by atoms with Crippen molar-refractivity contribution in [1.82, 2.24) is 14.9 Å². The highest BCUT2D eigenvalue weighted by Crippen LogP contribution is 2.19. The topological polar surface area (TPSA) is 93.1 Å². The normalized spacial score (nSPS) is 10.4. The summed E-state index contributed by atoms with van der Waals surface area (Å²) in [5, 5.41) is 5.54. The molecule has 0 bridgehead atoms. The monoisotopic (exact) mass is 390 g/mol. The molecule has 1 aromatic heterocycles. The van der Waals surface area contributed by atoms with Crippen LogP contribution in [0, 0.1) is 6.92 Å². The Bertz CT molecular complexity index is 1070. The van der Waals surface area contributed by atoms with E-state index in [0.29, 0.717) is 23.4 Å². The zero-order valence-corrected chi connectivity index (χ0v) is 16.5. The zero-order chi connectivity index (χ0) is 21.0. The Labute approximate surface area is 168 Å². The first-order valence-electron chi connectivity index (χ1n) is 9.24. The minimum Gasteiger partial charge on any atom is -0.352 e. The summed E-state index contributed by atoms with van der Waals surface area (Å²) in [5.41, 5.74) is 2.54. The van der Waals surface area contributed by atoms with Gasteiger partial charge in [0.25, 0.3) is 11.8 Å². The molecule has 2 aromatic carbocycles. The number of carbonyl (C=O) groups is 3. The summed E-state index contributed by atoms with van der Waals surface area (Å²) in [7, 11) is 1.62. The number of nitrogens with zero attached hydrogens (tertiary/aromatic N) is 2. The minimum absolute atomic E-state index is 0.175. The second kappa shape index (κ2) is 8.52. The Balaban J connectivity index is 1.84. The molecular weight excluding hydrogens is 368 g/mol. The molecule has 3 rings (SSSR count). The SMILES string of the molecule is CCNC(=O)c1ccc(C)c(NC(=O)c2cnc(C(=O)c3ccccc3)n2C)c1. The van der Waals surface area contributed by atoms with Crippen molar-refractivity contribution in [3.8, 4) is 0 Å². The lowest BCUT2D eigenvalue weighted by molar-refractivity contribution is 0.0953. The highest BCUT2D eigenvalue weighted by Gasteiger charge is 2.20. The molecule has 0 aliphatic carbocycles. The average molecular weight is 390 g/mol. The number of nitrogens with one attached hydrogen (secondary N) is 2. The van der Waals surface area contributed by atoms with Crippen molar-refractivity contribution in [2.45, 2.75) is 13.8 Å². The van der Waals surface area contributed by atoms with Crippen LogP contribution in [0.2, 0.25) is 0 Å². The Hall–Kier alpha value is -3.74. The average Bonchev–Trinajstić information content (AvgIpc) is 3.11. The summed E-state index contributed by atoms with van der Waals surface area (Å²) in [5.74, 6) is -0.710. The van der Waals surface area contributed by atoms with E-state index in [2.05, 4.69) is 15.6 Å². The fraction of sp³-hybridized carbons (Fsp3) is 0.182. The van der Waals surface area contributed by atoms with Crippen LogP contribution in [0.5, 0.6) is 0 Å². The zero-order valence-electron chi connectivity index (χ0n) is 16.5. The molecule has 0 aliphatic heterocycles. The summed E-state index contributed by atoms with van der Waals surface area (Å²) in [6, 6.07) is 13.9. The van der Waals surface area contributed by atoms with Gasteiger partial charge in [0.15, 0.2) is 5.82 Å². The van der Waals surface area contributed by atoms with Crippen LogP contribution >= 0.6 is 0 Å². The molecule has 29 heavy (non-hydrogen) atoms. The number of benzene rings is 2. The molecule has 0 saturated heterocycles. The van der Waals surface area contributed by atoms with E-state index in [9.17, 15) is 14.4 Å². The molecule has 0 fully saturated rings. The third-order valence-electron chi connectivity index (χ3n) is 4.55. The molecule has 7 nitrogen and oxygen atoms in total. The van der Waals surface area contributed by atoms with Crippen LogP contribution in [0.3, 0.4) is 0 Å².